The third-order valence-electron chi connectivity index (χ3n) is 1.56. The first kappa shape index (κ1) is 8.59. The predicted molar refractivity (Wildman–Crippen MR) is 43.4 cm³/mol. The lowest BCUT2D eigenvalue weighted by atomic mass is 10.1. The third-order valence-corrected chi connectivity index (χ3v) is 1.56. The molecule has 1 rings (SSSR count). The van der Waals surface area contributed by atoms with Gasteiger partial charge in [0.25, 0.3) is 0 Å². The van der Waals surface area contributed by atoms with E-state index in [2.05, 4.69) is 5.32 Å². The molecule has 0 saturated carbocycles. The standard InChI is InChI=1S/C9H11NO2/c1-7-2-4-8(5-3-7)6-10-9(11)12/h2-5,10H,6H2,1H3,(H,11,12)/p-1. The molecule has 3 heteroatoms. The highest BCUT2D eigenvalue weighted by Gasteiger charge is 1.90. The molecule has 0 bridgehead atoms. The van der Waals surface area contributed by atoms with Gasteiger partial charge in [-0.3, -0.25) is 0 Å². The van der Waals surface area contributed by atoms with Crippen molar-refractivity contribution in [1.29, 1.82) is 0 Å². The van der Waals surface area contributed by atoms with E-state index in [-0.39, 0.29) is 0 Å². The summed E-state index contributed by atoms with van der Waals surface area (Å²) >= 11 is 0. The minimum atomic E-state index is -1.24. The van der Waals surface area contributed by atoms with Gasteiger partial charge in [0.05, 0.1) is 0 Å². The van der Waals surface area contributed by atoms with Crippen molar-refractivity contribution in [3.8, 4) is 0 Å². The summed E-state index contributed by atoms with van der Waals surface area (Å²) in [5.41, 5.74) is 2.09. The van der Waals surface area contributed by atoms with E-state index in [1.165, 1.54) is 0 Å². The van der Waals surface area contributed by atoms with Crippen LogP contribution in [0.3, 0.4) is 0 Å². The summed E-state index contributed by atoms with van der Waals surface area (Å²) in [7, 11) is 0. The predicted octanol–water partition coefficient (Wildman–Crippen LogP) is 0.428. The molecule has 0 saturated heterocycles. The third kappa shape index (κ3) is 2.62. The van der Waals surface area contributed by atoms with E-state index >= 15 is 0 Å². The summed E-state index contributed by atoms with van der Waals surface area (Å²) < 4.78 is 0. The maximum Gasteiger partial charge on any atom is 0.134 e. The smallest absolute Gasteiger partial charge is 0.134 e. The Balaban J connectivity index is 2.53. The van der Waals surface area contributed by atoms with Crippen LogP contribution in [-0.2, 0) is 6.54 Å². The minimum Gasteiger partial charge on any atom is -0.530 e. The van der Waals surface area contributed by atoms with Gasteiger partial charge in [-0.05, 0) is 12.5 Å². The Bertz CT molecular complexity index is 266. The average molecular weight is 164 g/mol. The second-order valence-electron chi connectivity index (χ2n) is 2.63. The van der Waals surface area contributed by atoms with Gasteiger partial charge >= 0.3 is 0 Å². The Kier molecular flexibility index (Phi) is 2.69. The van der Waals surface area contributed by atoms with Crippen LogP contribution in [0.1, 0.15) is 11.1 Å². The number of rotatable bonds is 2. The molecule has 0 heterocycles. The first-order valence-electron chi connectivity index (χ1n) is 3.69. The minimum absolute atomic E-state index is 0.308. The summed E-state index contributed by atoms with van der Waals surface area (Å²) in [6.45, 7) is 2.29. The van der Waals surface area contributed by atoms with Crippen LogP contribution in [-0.4, -0.2) is 6.09 Å². The molecule has 1 amide bonds. The Hall–Kier alpha value is -1.51. The zero-order valence-corrected chi connectivity index (χ0v) is 6.83. The first-order chi connectivity index (χ1) is 5.68. The molecule has 1 N–H and O–H groups in total. The highest BCUT2D eigenvalue weighted by Crippen LogP contribution is 2.01. The molecule has 1 aromatic carbocycles. The van der Waals surface area contributed by atoms with Crippen LogP contribution in [0.4, 0.5) is 4.79 Å². The van der Waals surface area contributed by atoms with Crippen LogP contribution >= 0.6 is 0 Å². The van der Waals surface area contributed by atoms with E-state index in [4.69, 9.17) is 0 Å². The Morgan fingerprint density at radius 2 is 2.00 bits per heavy atom. The first-order valence-corrected chi connectivity index (χ1v) is 3.69. The summed E-state index contributed by atoms with van der Waals surface area (Å²) in [5, 5.41) is 12.2. The van der Waals surface area contributed by atoms with Gasteiger partial charge < -0.3 is 15.2 Å². The summed E-state index contributed by atoms with van der Waals surface area (Å²) in [6, 6.07) is 7.63. The summed E-state index contributed by atoms with van der Waals surface area (Å²) in [4.78, 5) is 10.0. The number of hydrogen-bond donors (Lipinski definition) is 1. The lowest BCUT2D eigenvalue weighted by molar-refractivity contribution is -0.251. The fourth-order valence-electron chi connectivity index (χ4n) is 0.880. The normalized spacial score (nSPS) is 9.42. The fraction of sp³-hybridized carbons (Fsp3) is 0.222. The summed E-state index contributed by atoms with van der Waals surface area (Å²) in [5.74, 6) is 0. The van der Waals surface area contributed by atoms with Gasteiger partial charge in [-0.25, -0.2) is 0 Å². The van der Waals surface area contributed by atoms with Gasteiger partial charge in [0, 0.05) is 6.54 Å². The number of benzene rings is 1. The van der Waals surface area contributed by atoms with E-state index in [0.717, 1.165) is 11.1 Å². The lowest BCUT2D eigenvalue weighted by Crippen LogP contribution is -2.35. The van der Waals surface area contributed by atoms with Gasteiger partial charge in [0.15, 0.2) is 0 Å². The van der Waals surface area contributed by atoms with Gasteiger partial charge in [0.2, 0.25) is 0 Å². The van der Waals surface area contributed by atoms with E-state index in [0.29, 0.717) is 6.54 Å². The van der Waals surface area contributed by atoms with Gasteiger partial charge in [-0.15, -0.1) is 0 Å². The van der Waals surface area contributed by atoms with Crippen LogP contribution in [0.25, 0.3) is 0 Å². The van der Waals surface area contributed by atoms with Crippen LogP contribution in [0, 0.1) is 6.92 Å². The van der Waals surface area contributed by atoms with Crippen molar-refractivity contribution < 1.29 is 9.90 Å². The number of nitrogens with one attached hydrogen (secondary N) is 1. The zero-order chi connectivity index (χ0) is 8.97. The second kappa shape index (κ2) is 3.76. The molecule has 0 aliphatic rings. The highest BCUT2D eigenvalue weighted by molar-refractivity contribution is 5.61. The van der Waals surface area contributed by atoms with Crippen molar-refractivity contribution in [2.24, 2.45) is 0 Å². The second-order valence-corrected chi connectivity index (χ2v) is 2.63. The molecule has 1 aromatic rings. The molecule has 0 unspecified atom stereocenters. The molecule has 0 aromatic heterocycles. The van der Waals surface area contributed by atoms with Crippen molar-refractivity contribution in [2.45, 2.75) is 13.5 Å². The number of aryl methyl sites for hydroxylation is 1. The average Bonchev–Trinajstić information content (AvgIpc) is 2.03. The maximum absolute atomic E-state index is 10.0. The van der Waals surface area contributed by atoms with Crippen molar-refractivity contribution in [2.75, 3.05) is 0 Å². The SMILES string of the molecule is Cc1ccc(CNC(=O)[O-])cc1. The molecule has 3 nitrogen and oxygen atoms in total. The molecule has 0 atom stereocenters. The quantitative estimate of drug-likeness (QED) is 0.689. The highest BCUT2D eigenvalue weighted by atomic mass is 16.4. The van der Waals surface area contributed by atoms with E-state index in [1.54, 1.807) is 0 Å². The molecule has 0 radical (unpaired) electrons. The Morgan fingerprint density at radius 1 is 1.42 bits per heavy atom. The molecular formula is C9H10NO2-. The number of hydrogen-bond acceptors (Lipinski definition) is 2. The molecular weight excluding hydrogens is 154 g/mol. The van der Waals surface area contributed by atoms with Crippen LogP contribution < -0.4 is 10.4 Å². The molecule has 0 spiro atoms. The van der Waals surface area contributed by atoms with Crippen molar-refractivity contribution in [3.63, 3.8) is 0 Å². The zero-order valence-electron chi connectivity index (χ0n) is 6.83. The van der Waals surface area contributed by atoms with E-state index < -0.39 is 6.09 Å². The molecule has 0 fully saturated rings. The number of carbonyl (C=O) groups excluding carboxylic acids is 1. The van der Waals surface area contributed by atoms with Gasteiger partial charge in [-0.2, -0.15) is 0 Å². The van der Waals surface area contributed by atoms with Gasteiger partial charge in [-0.1, -0.05) is 29.8 Å². The number of amides is 1. The fourth-order valence-corrected chi connectivity index (χ4v) is 0.880. The number of carboxylic acid groups (broad SMARTS) is 1. The maximum atomic E-state index is 10.0. The monoisotopic (exact) mass is 164 g/mol. The molecule has 0 aliphatic heterocycles. The van der Waals surface area contributed by atoms with Gasteiger partial charge in [0.1, 0.15) is 6.09 Å². The Morgan fingerprint density at radius 3 is 2.50 bits per heavy atom. The van der Waals surface area contributed by atoms with Crippen molar-refractivity contribution >= 4 is 6.09 Å². The van der Waals surface area contributed by atoms with Crippen LogP contribution in [0.15, 0.2) is 24.3 Å². The Labute approximate surface area is 71.0 Å². The van der Waals surface area contributed by atoms with E-state index in [9.17, 15) is 9.90 Å². The molecule has 12 heavy (non-hydrogen) atoms. The van der Waals surface area contributed by atoms with Crippen molar-refractivity contribution in [1.82, 2.24) is 5.32 Å². The topological polar surface area (TPSA) is 52.2 Å². The van der Waals surface area contributed by atoms with Crippen molar-refractivity contribution in [3.05, 3.63) is 35.4 Å². The van der Waals surface area contributed by atoms with Crippen LogP contribution in [0.2, 0.25) is 0 Å². The lowest BCUT2D eigenvalue weighted by Gasteiger charge is -2.05. The molecule has 64 valence electrons. The van der Waals surface area contributed by atoms with Crippen LogP contribution in [0.5, 0.6) is 0 Å². The summed E-state index contributed by atoms with van der Waals surface area (Å²) in [6.07, 6.45) is -1.24. The molecule has 0 aliphatic carbocycles. The largest absolute Gasteiger partial charge is 0.530 e. The van der Waals surface area contributed by atoms with E-state index in [1.807, 2.05) is 31.2 Å². The number of carbonyl (C=O) groups is 1.